The summed E-state index contributed by atoms with van der Waals surface area (Å²) in [5.74, 6) is 0.728. The van der Waals surface area contributed by atoms with Gasteiger partial charge in [-0.2, -0.15) is 0 Å². The summed E-state index contributed by atoms with van der Waals surface area (Å²) in [6.45, 7) is 3.31. The quantitative estimate of drug-likeness (QED) is 0.381. The third-order valence-corrected chi connectivity index (χ3v) is 8.62. The Hall–Kier alpha value is -2.54. The Morgan fingerprint density at radius 3 is 2.84 bits per heavy atom. The molecule has 6 nitrogen and oxygen atoms in total. The zero-order chi connectivity index (χ0) is 26.2. The van der Waals surface area contributed by atoms with E-state index in [2.05, 4.69) is 0 Å². The fourth-order valence-electron chi connectivity index (χ4n) is 5.74. The third kappa shape index (κ3) is 5.52. The molecule has 37 heavy (non-hydrogen) atoms. The highest BCUT2D eigenvalue weighted by Crippen LogP contribution is 2.40. The van der Waals surface area contributed by atoms with E-state index in [4.69, 9.17) is 32.4 Å². The van der Waals surface area contributed by atoms with Crippen LogP contribution in [0.5, 0.6) is 5.75 Å². The van der Waals surface area contributed by atoms with Crippen LogP contribution in [-0.4, -0.2) is 34.6 Å². The number of fused-ring (bicyclic) bond motifs is 2. The third-order valence-electron chi connectivity index (χ3n) is 8.04. The van der Waals surface area contributed by atoms with Crippen LogP contribution in [0.15, 0.2) is 45.6 Å². The number of hydrogen-bond acceptors (Lipinski definition) is 5. The van der Waals surface area contributed by atoms with Gasteiger partial charge in [-0.05, 0) is 62.4 Å². The lowest BCUT2D eigenvalue weighted by atomic mass is 9.71. The zero-order valence-corrected chi connectivity index (χ0v) is 22.4. The van der Waals surface area contributed by atoms with Crippen molar-refractivity contribution in [3.05, 3.63) is 73.6 Å². The van der Waals surface area contributed by atoms with Crippen LogP contribution in [0.2, 0.25) is 10.0 Å². The number of rotatable bonds is 6. The number of aliphatic hydroxyl groups is 1. The minimum atomic E-state index is -0.616. The standard InChI is InChI=1S/C29H31Cl2NO5/c1-18-23-8-7-22(36-17-19-5-6-21(30)14-25(19)31)15-26(23)37-28(34)24(18)9-10-27(33)32-13-12-29(35)11-3-2-4-20(29)16-32/h5-8,14-15,20,35H,2-4,9-13,16-17H2,1H3/t20-,29+/m1/s1. The lowest BCUT2D eigenvalue weighted by Crippen LogP contribution is -2.54. The number of benzene rings is 2. The molecule has 1 aliphatic heterocycles. The van der Waals surface area contributed by atoms with E-state index in [9.17, 15) is 14.7 Å². The second-order valence-corrected chi connectivity index (χ2v) is 11.2. The normalized spacial score (nSPS) is 21.6. The second-order valence-electron chi connectivity index (χ2n) is 10.3. The van der Waals surface area contributed by atoms with E-state index in [1.54, 1.807) is 18.2 Å². The number of likely N-dealkylation sites (tertiary alicyclic amines) is 1. The number of halogens is 2. The number of ether oxygens (including phenoxy) is 1. The summed E-state index contributed by atoms with van der Waals surface area (Å²) in [7, 11) is 0. The molecule has 1 aliphatic carbocycles. The van der Waals surface area contributed by atoms with E-state index < -0.39 is 11.2 Å². The average molecular weight is 544 g/mol. The summed E-state index contributed by atoms with van der Waals surface area (Å²) in [6, 6.07) is 10.6. The van der Waals surface area contributed by atoms with Crippen molar-refractivity contribution in [1.29, 1.82) is 0 Å². The molecule has 2 aromatic carbocycles. The minimum absolute atomic E-state index is 0.0242. The maximum Gasteiger partial charge on any atom is 0.339 e. The molecule has 0 radical (unpaired) electrons. The topological polar surface area (TPSA) is 80.0 Å². The van der Waals surface area contributed by atoms with Gasteiger partial charge in [0.15, 0.2) is 0 Å². The number of nitrogens with zero attached hydrogens (tertiary/aromatic N) is 1. The van der Waals surface area contributed by atoms with Crippen LogP contribution >= 0.6 is 23.2 Å². The molecule has 2 heterocycles. The van der Waals surface area contributed by atoms with Gasteiger partial charge in [-0.15, -0.1) is 0 Å². The van der Waals surface area contributed by atoms with Crippen molar-refractivity contribution in [2.24, 2.45) is 5.92 Å². The summed E-state index contributed by atoms with van der Waals surface area (Å²) in [5, 5.41) is 12.8. The van der Waals surface area contributed by atoms with E-state index in [1.807, 2.05) is 30.0 Å². The Kier molecular flexibility index (Phi) is 7.53. The number of carbonyl (C=O) groups excluding carboxylic acids is 1. The Morgan fingerprint density at radius 2 is 2.03 bits per heavy atom. The first-order chi connectivity index (χ1) is 17.7. The van der Waals surface area contributed by atoms with Crippen LogP contribution in [0.4, 0.5) is 0 Å². The summed E-state index contributed by atoms with van der Waals surface area (Å²) in [5.41, 5.74) is 1.51. The van der Waals surface area contributed by atoms with Gasteiger partial charge in [0.1, 0.15) is 17.9 Å². The number of hydrogen-bond donors (Lipinski definition) is 1. The summed E-state index contributed by atoms with van der Waals surface area (Å²) in [6.07, 6.45) is 5.16. The molecule has 2 aliphatic rings. The van der Waals surface area contributed by atoms with Gasteiger partial charge in [0.25, 0.3) is 0 Å². The first-order valence-corrected chi connectivity index (χ1v) is 13.6. The number of piperidine rings is 1. The molecular formula is C29H31Cl2NO5. The minimum Gasteiger partial charge on any atom is -0.489 e. The molecule has 2 atom stereocenters. The van der Waals surface area contributed by atoms with Crippen molar-refractivity contribution >= 4 is 40.1 Å². The molecule has 2 fully saturated rings. The number of amides is 1. The van der Waals surface area contributed by atoms with E-state index in [0.29, 0.717) is 52.9 Å². The molecule has 1 aromatic heterocycles. The molecule has 1 saturated carbocycles. The molecule has 0 spiro atoms. The van der Waals surface area contributed by atoms with Gasteiger partial charge in [0, 0.05) is 58.1 Å². The number of aryl methyl sites for hydroxylation is 1. The molecule has 0 unspecified atom stereocenters. The Labute approximate surface area is 226 Å². The van der Waals surface area contributed by atoms with Crippen LogP contribution in [0.1, 0.15) is 55.2 Å². The molecule has 3 aromatic rings. The Bertz CT molecular complexity index is 1390. The highest BCUT2D eigenvalue weighted by molar-refractivity contribution is 6.35. The van der Waals surface area contributed by atoms with Crippen LogP contribution in [-0.2, 0) is 17.8 Å². The second kappa shape index (κ2) is 10.7. The van der Waals surface area contributed by atoms with Crippen LogP contribution in [0.3, 0.4) is 0 Å². The Morgan fingerprint density at radius 1 is 1.19 bits per heavy atom. The van der Waals surface area contributed by atoms with Crippen molar-refractivity contribution in [3.8, 4) is 5.75 Å². The maximum atomic E-state index is 13.0. The van der Waals surface area contributed by atoms with Crippen molar-refractivity contribution in [2.45, 2.75) is 64.1 Å². The van der Waals surface area contributed by atoms with E-state index in [1.165, 1.54) is 0 Å². The van der Waals surface area contributed by atoms with Crippen molar-refractivity contribution in [1.82, 2.24) is 4.90 Å². The molecule has 196 valence electrons. The maximum absolute atomic E-state index is 13.0. The van der Waals surface area contributed by atoms with Gasteiger partial charge in [0.2, 0.25) is 5.91 Å². The van der Waals surface area contributed by atoms with E-state index >= 15 is 0 Å². The molecule has 0 bridgehead atoms. The fourth-order valence-corrected chi connectivity index (χ4v) is 6.20. The van der Waals surface area contributed by atoms with Gasteiger partial charge in [0.05, 0.1) is 5.60 Å². The van der Waals surface area contributed by atoms with Crippen LogP contribution < -0.4 is 10.4 Å². The van der Waals surface area contributed by atoms with Crippen LogP contribution in [0.25, 0.3) is 11.0 Å². The highest BCUT2D eigenvalue weighted by atomic mass is 35.5. The molecule has 5 rings (SSSR count). The zero-order valence-electron chi connectivity index (χ0n) is 20.9. The first kappa shape index (κ1) is 26.1. The molecule has 1 saturated heterocycles. The predicted octanol–water partition coefficient (Wildman–Crippen LogP) is 6.07. The first-order valence-electron chi connectivity index (χ1n) is 12.9. The molecule has 1 amide bonds. The van der Waals surface area contributed by atoms with Gasteiger partial charge < -0.3 is 19.2 Å². The van der Waals surface area contributed by atoms with Gasteiger partial charge in [-0.25, -0.2) is 4.79 Å². The van der Waals surface area contributed by atoms with Crippen molar-refractivity contribution < 1.29 is 19.1 Å². The van der Waals surface area contributed by atoms with Gasteiger partial charge >= 0.3 is 5.63 Å². The van der Waals surface area contributed by atoms with Crippen LogP contribution in [0, 0.1) is 12.8 Å². The van der Waals surface area contributed by atoms with Gasteiger partial charge in [-0.3, -0.25) is 4.79 Å². The smallest absolute Gasteiger partial charge is 0.339 e. The number of carbonyl (C=O) groups is 1. The van der Waals surface area contributed by atoms with Crippen molar-refractivity contribution in [3.63, 3.8) is 0 Å². The van der Waals surface area contributed by atoms with E-state index in [0.717, 1.165) is 42.2 Å². The largest absolute Gasteiger partial charge is 0.489 e. The monoisotopic (exact) mass is 543 g/mol. The summed E-state index contributed by atoms with van der Waals surface area (Å²) in [4.78, 5) is 27.7. The molecule has 8 heteroatoms. The summed E-state index contributed by atoms with van der Waals surface area (Å²) >= 11 is 12.2. The SMILES string of the molecule is Cc1c(CCC(=O)N2CC[C@@]3(O)CCCC[C@@H]3C2)c(=O)oc2cc(OCc3ccc(Cl)cc3Cl)ccc12. The predicted molar refractivity (Wildman–Crippen MR) is 144 cm³/mol. The summed E-state index contributed by atoms with van der Waals surface area (Å²) < 4.78 is 11.5. The van der Waals surface area contributed by atoms with Gasteiger partial charge in [-0.1, -0.05) is 42.1 Å². The highest BCUT2D eigenvalue weighted by Gasteiger charge is 2.43. The average Bonchev–Trinajstić information content (AvgIpc) is 2.87. The lowest BCUT2D eigenvalue weighted by molar-refractivity contribution is -0.143. The Balaban J connectivity index is 1.25. The molecular weight excluding hydrogens is 513 g/mol. The lowest BCUT2D eigenvalue weighted by Gasteiger charge is -2.47. The van der Waals surface area contributed by atoms with Crippen molar-refractivity contribution in [2.75, 3.05) is 13.1 Å². The molecule has 1 N–H and O–H groups in total. The fraction of sp³-hybridized carbons (Fsp3) is 0.448. The van der Waals surface area contributed by atoms with E-state index in [-0.39, 0.29) is 24.9 Å².